The maximum atomic E-state index is 12.9. The SMILES string of the molecule is C[C@H]1CN([C@@H](C)CO)C(=O)CCCn2cc(nn2)CO[C@H]1CN(C)Cc1ccncc1. The van der Waals surface area contributed by atoms with Crippen molar-refractivity contribution in [2.24, 2.45) is 5.92 Å². The summed E-state index contributed by atoms with van der Waals surface area (Å²) in [4.78, 5) is 21.0. The number of hydrogen-bond acceptors (Lipinski definition) is 7. The van der Waals surface area contributed by atoms with E-state index in [9.17, 15) is 9.90 Å². The van der Waals surface area contributed by atoms with Crippen LogP contribution in [-0.2, 0) is 29.2 Å². The zero-order valence-corrected chi connectivity index (χ0v) is 18.7. The molecule has 9 nitrogen and oxygen atoms in total. The van der Waals surface area contributed by atoms with E-state index >= 15 is 0 Å². The molecule has 0 saturated carbocycles. The number of aliphatic hydroxyl groups excluding tert-OH is 1. The second kappa shape index (κ2) is 11.3. The first-order valence-corrected chi connectivity index (χ1v) is 10.9. The van der Waals surface area contributed by atoms with E-state index in [-0.39, 0.29) is 30.6 Å². The zero-order chi connectivity index (χ0) is 22.2. The fraction of sp³-hybridized carbons (Fsp3) is 0.636. The number of hydrogen-bond donors (Lipinski definition) is 1. The van der Waals surface area contributed by atoms with E-state index < -0.39 is 0 Å². The van der Waals surface area contributed by atoms with Gasteiger partial charge >= 0.3 is 0 Å². The summed E-state index contributed by atoms with van der Waals surface area (Å²) in [6.45, 7) is 6.96. The molecule has 2 aromatic rings. The molecule has 1 N–H and O–H groups in total. The highest BCUT2D eigenvalue weighted by atomic mass is 16.5. The Morgan fingerprint density at radius 1 is 1.35 bits per heavy atom. The van der Waals surface area contributed by atoms with Crippen molar-refractivity contribution in [1.29, 1.82) is 0 Å². The van der Waals surface area contributed by atoms with Gasteiger partial charge in [0, 0.05) is 50.9 Å². The highest BCUT2D eigenvalue weighted by Gasteiger charge is 2.28. The van der Waals surface area contributed by atoms with Crippen LogP contribution in [0.3, 0.4) is 0 Å². The third kappa shape index (κ3) is 6.81. The van der Waals surface area contributed by atoms with Crippen molar-refractivity contribution < 1.29 is 14.6 Å². The van der Waals surface area contributed by atoms with Crippen molar-refractivity contribution in [3.05, 3.63) is 42.0 Å². The normalized spacial score (nSPS) is 22.0. The van der Waals surface area contributed by atoms with E-state index in [0.717, 1.165) is 12.2 Å². The molecule has 3 heterocycles. The lowest BCUT2D eigenvalue weighted by Crippen LogP contribution is -2.47. The quantitative estimate of drug-likeness (QED) is 0.738. The van der Waals surface area contributed by atoms with Gasteiger partial charge in [-0.1, -0.05) is 12.1 Å². The van der Waals surface area contributed by atoms with Gasteiger partial charge < -0.3 is 14.7 Å². The van der Waals surface area contributed by atoms with E-state index in [2.05, 4.69) is 34.2 Å². The summed E-state index contributed by atoms with van der Waals surface area (Å²) in [5, 5.41) is 18.1. The summed E-state index contributed by atoms with van der Waals surface area (Å²) < 4.78 is 8.06. The Hall–Kier alpha value is -2.36. The van der Waals surface area contributed by atoms with Crippen LogP contribution in [0.15, 0.2) is 30.7 Å². The molecule has 170 valence electrons. The minimum Gasteiger partial charge on any atom is -0.394 e. The van der Waals surface area contributed by atoms with Gasteiger partial charge in [-0.05, 0) is 38.1 Å². The average molecular weight is 431 g/mol. The van der Waals surface area contributed by atoms with Crippen LogP contribution in [0.1, 0.15) is 37.9 Å². The number of aromatic nitrogens is 4. The minimum absolute atomic E-state index is 0.0527. The van der Waals surface area contributed by atoms with E-state index in [1.54, 1.807) is 22.0 Å². The van der Waals surface area contributed by atoms with Gasteiger partial charge in [0.25, 0.3) is 0 Å². The first kappa shape index (κ1) is 23.3. The number of ether oxygens (including phenoxy) is 1. The van der Waals surface area contributed by atoms with Crippen molar-refractivity contribution in [2.45, 2.75) is 58.5 Å². The van der Waals surface area contributed by atoms with Crippen LogP contribution in [0.2, 0.25) is 0 Å². The molecule has 1 aliphatic rings. The molecule has 1 aliphatic heterocycles. The number of fused-ring (bicyclic) bond motifs is 2. The van der Waals surface area contributed by atoms with Gasteiger partial charge in [0.2, 0.25) is 5.91 Å². The van der Waals surface area contributed by atoms with Crippen molar-refractivity contribution >= 4 is 5.91 Å². The predicted molar refractivity (Wildman–Crippen MR) is 116 cm³/mol. The van der Waals surface area contributed by atoms with Gasteiger partial charge in [-0.2, -0.15) is 0 Å². The molecule has 0 fully saturated rings. The number of amides is 1. The van der Waals surface area contributed by atoms with Crippen molar-refractivity contribution in [3.63, 3.8) is 0 Å². The fourth-order valence-corrected chi connectivity index (χ4v) is 3.86. The summed E-state index contributed by atoms with van der Waals surface area (Å²) in [6.07, 6.45) is 6.47. The highest BCUT2D eigenvalue weighted by molar-refractivity contribution is 5.76. The lowest BCUT2D eigenvalue weighted by molar-refractivity contribution is -0.136. The molecule has 0 aromatic carbocycles. The number of likely N-dealkylation sites (N-methyl/N-ethyl adjacent to an activating group) is 1. The van der Waals surface area contributed by atoms with E-state index in [1.807, 2.05) is 25.3 Å². The first-order chi connectivity index (χ1) is 15.0. The van der Waals surface area contributed by atoms with Crippen molar-refractivity contribution in [2.75, 3.05) is 26.7 Å². The van der Waals surface area contributed by atoms with Gasteiger partial charge in [0.1, 0.15) is 5.69 Å². The van der Waals surface area contributed by atoms with Crippen LogP contribution in [0, 0.1) is 5.92 Å². The van der Waals surface area contributed by atoms with Gasteiger partial charge in [-0.15, -0.1) is 5.10 Å². The van der Waals surface area contributed by atoms with Crippen LogP contribution in [-0.4, -0.2) is 79.7 Å². The summed E-state index contributed by atoms with van der Waals surface area (Å²) in [6, 6.07) is 3.78. The Morgan fingerprint density at radius 2 is 2.13 bits per heavy atom. The lowest BCUT2D eigenvalue weighted by Gasteiger charge is -2.35. The zero-order valence-electron chi connectivity index (χ0n) is 18.7. The molecule has 0 saturated heterocycles. The highest BCUT2D eigenvalue weighted by Crippen LogP contribution is 2.18. The smallest absolute Gasteiger partial charge is 0.222 e. The summed E-state index contributed by atoms with van der Waals surface area (Å²) in [5.74, 6) is 0.130. The van der Waals surface area contributed by atoms with E-state index in [0.29, 0.717) is 39.1 Å². The Labute approximate surface area is 184 Å². The monoisotopic (exact) mass is 430 g/mol. The molecule has 3 atom stereocenters. The molecule has 0 radical (unpaired) electrons. The summed E-state index contributed by atoms with van der Waals surface area (Å²) >= 11 is 0. The molecule has 9 heteroatoms. The Bertz CT molecular complexity index is 815. The molecule has 31 heavy (non-hydrogen) atoms. The fourth-order valence-electron chi connectivity index (χ4n) is 3.86. The molecular formula is C22H34N6O3. The summed E-state index contributed by atoms with van der Waals surface area (Å²) in [7, 11) is 2.06. The van der Waals surface area contributed by atoms with Gasteiger partial charge in [0.05, 0.1) is 31.6 Å². The number of carbonyl (C=O) groups is 1. The maximum Gasteiger partial charge on any atom is 0.222 e. The third-order valence-corrected chi connectivity index (χ3v) is 5.74. The molecule has 2 aromatic heterocycles. The van der Waals surface area contributed by atoms with Gasteiger partial charge in [-0.25, -0.2) is 0 Å². The van der Waals surface area contributed by atoms with Crippen LogP contribution < -0.4 is 0 Å². The first-order valence-electron chi connectivity index (χ1n) is 10.9. The van der Waals surface area contributed by atoms with E-state index in [1.165, 1.54) is 5.56 Å². The van der Waals surface area contributed by atoms with Crippen LogP contribution in [0.5, 0.6) is 0 Å². The topological polar surface area (TPSA) is 96.6 Å². The number of nitrogens with zero attached hydrogens (tertiary/aromatic N) is 6. The Kier molecular flexibility index (Phi) is 8.51. The standard InChI is InChI=1S/C22H34N6O3/c1-17-11-28(18(2)15-29)22(30)5-4-10-27-13-20(24-25-27)16-31-21(17)14-26(3)12-19-6-8-23-9-7-19/h6-9,13,17-18,21,29H,4-5,10-12,14-16H2,1-3H3/t17-,18-,21-/m0/s1. The Balaban J connectivity index is 1.76. The largest absolute Gasteiger partial charge is 0.394 e. The number of rotatable bonds is 6. The second-order valence-corrected chi connectivity index (χ2v) is 8.53. The second-order valence-electron chi connectivity index (χ2n) is 8.53. The van der Waals surface area contributed by atoms with Crippen LogP contribution >= 0.6 is 0 Å². The predicted octanol–water partition coefficient (Wildman–Crippen LogP) is 1.33. The number of aryl methyl sites for hydroxylation is 1. The molecule has 3 rings (SSSR count). The van der Waals surface area contributed by atoms with Gasteiger partial charge in [-0.3, -0.25) is 19.4 Å². The summed E-state index contributed by atoms with van der Waals surface area (Å²) in [5.41, 5.74) is 1.98. The van der Waals surface area contributed by atoms with Gasteiger partial charge in [0.15, 0.2) is 0 Å². The molecule has 1 amide bonds. The molecular weight excluding hydrogens is 396 g/mol. The van der Waals surface area contributed by atoms with Crippen LogP contribution in [0.4, 0.5) is 0 Å². The molecule has 0 spiro atoms. The molecule has 2 bridgehead atoms. The molecule has 0 unspecified atom stereocenters. The molecule has 0 aliphatic carbocycles. The van der Waals surface area contributed by atoms with Crippen molar-refractivity contribution in [1.82, 2.24) is 29.8 Å². The third-order valence-electron chi connectivity index (χ3n) is 5.74. The lowest BCUT2D eigenvalue weighted by atomic mass is 10.0. The minimum atomic E-state index is -0.229. The number of aliphatic hydroxyl groups is 1. The number of carbonyl (C=O) groups excluding carboxylic acids is 1. The maximum absolute atomic E-state index is 12.9. The number of pyridine rings is 1. The van der Waals surface area contributed by atoms with E-state index in [4.69, 9.17) is 4.74 Å². The van der Waals surface area contributed by atoms with Crippen LogP contribution in [0.25, 0.3) is 0 Å². The van der Waals surface area contributed by atoms with Crippen molar-refractivity contribution in [3.8, 4) is 0 Å². The average Bonchev–Trinajstić information content (AvgIpc) is 3.22. The Morgan fingerprint density at radius 3 is 2.87 bits per heavy atom.